The Morgan fingerprint density at radius 1 is 1.30 bits per heavy atom. The first kappa shape index (κ1) is 22.4. The van der Waals surface area contributed by atoms with Gasteiger partial charge in [-0.1, -0.05) is 6.92 Å². The number of nitrogens with zero attached hydrogens (tertiary/aromatic N) is 2. The Labute approximate surface area is 158 Å². The molecule has 1 aliphatic rings. The molecule has 1 rings (SSSR count). The topological polar surface area (TPSA) is 82.8 Å². The van der Waals surface area contributed by atoms with Crippen molar-refractivity contribution in [3.05, 3.63) is 0 Å². The zero-order valence-electron chi connectivity index (χ0n) is 15.0. The van der Waals surface area contributed by atoms with E-state index in [1.54, 1.807) is 0 Å². The lowest BCUT2D eigenvalue weighted by atomic mass is 9.97. The second-order valence-corrected chi connectivity index (χ2v) is 7.17. The highest BCUT2D eigenvalue weighted by Crippen LogP contribution is 2.17. The van der Waals surface area contributed by atoms with Gasteiger partial charge < -0.3 is 16.4 Å². The van der Waals surface area contributed by atoms with E-state index in [9.17, 15) is 4.79 Å². The second kappa shape index (κ2) is 11.1. The fourth-order valence-electron chi connectivity index (χ4n) is 2.52. The summed E-state index contributed by atoms with van der Waals surface area (Å²) in [5, 5.41) is 6.10. The Hall–Kier alpha value is -0.570. The van der Waals surface area contributed by atoms with E-state index < -0.39 is 0 Å². The number of rotatable bonds is 6. The number of carbonyl (C=O) groups excluding carboxylic acids is 1. The monoisotopic (exact) mass is 439 g/mol. The number of amides is 1. The van der Waals surface area contributed by atoms with Gasteiger partial charge in [-0.25, -0.2) is 0 Å². The smallest absolute Gasteiger partial charge is 0.234 e. The summed E-state index contributed by atoms with van der Waals surface area (Å²) in [7, 11) is 0. The second-order valence-electron chi connectivity index (χ2n) is 7.17. The highest BCUT2D eigenvalue weighted by Gasteiger charge is 2.22. The van der Waals surface area contributed by atoms with Crippen LogP contribution in [0.15, 0.2) is 4.99 Å². The average molecular weight is 439 g/mol. The zero-order chi connectivity index (χ0) is 16.6. The Kier molecular flexibility index (Phi) is 10.8. The van der Waals surface area contributed by atoms with Gasteiger partial charge in [0.1, 0.15) is 0 Å². The van der Waals surface area contributed by atoms with Crippen molar-refractivity contribution >= 4 is 35.8 Å². The van der Waals surface area contributed by atoms with Crippen molar-refractivity contribution in [3.63, 3.8) is 0 Å². The molecule has 0 radical (unpaired) electrons. The number of nitrogens with two attached hydrogens (primary N) is 1. The Morgan fingerprint density at radius 3 is 2.43 bits per heavy atom. The minimum atomic E-state index is -0.160. The van der Waals surface area contributed by atoms with Gasteiger partial charge in [0, 0.05) is 18.6 Å². The summed E-state index contributed by atoms with van der Waals surface area (Å²) in [6.07, 6.45) is 3.20. The van der Waals surface area contributed by atoms with Gasteiger partial charge in [-0.05, 0) is 59.0 Å². The Bertz CT molecular complexity index is 373. The third-order valence-corrected chi connectivity index (χ3v) is 3.66. The van der Waals surface area contributed by atoms with Crippen LogP contribution in [0.5, 0.6) is 0 Å². The van der Waals surface area contributed by atoms with Crippen molar-refractivity contribution in [2.75, 3.05) is 32.7 Å². The van der Waals surface area contributed by atoms with E-state index in [0.29, 0.717) is 18.4 Å². The normalized spacial score (nSPS) is 17.5. The largest absolute Gasteiger partial charge is 0.370 e. The Balaban J connectivity index is 0.00000484. The molecule has 1 heterocycles. The van der Waals surface area contributed by atoms with Crippen LogP contribution in [0.3, 0.4) is 0 Å². The molecule has 0 aromatic carbocycles. The number of hydrogen-bond donors (Lipinski definition) is 3. The lowest BCUT2D eigenvalue weighted by molar-refractivity contribution is -0.124. The van der Waals surface area contributed by atoms with Gasteiger partial charge in [-0.3, -0.25) is 14.7 Å². The van der Waals surface area contributed by atoms with Crippen LogP contribution in [-0.4, -0.2) is 55.0 Å². The maximum Gasteiger partial charge on any atom is 0.234 e. The SMILES string of the molecule is CCCNC(N)=NCC1CCN(CC(=O)NC(C)(C)C)CC1.I. The molecular weight excluding hydrogens is 405 g/mol. The summed E-state index contributed by atoms with van der Waals surface area (Å²) in [6.45, 7) is 12.2. The van der Waals surface area contributed by atoms with Crippen LogP contribution >= 0.6 is 24.0 Å². The molecule has 6 nitrogen and oxygen atoms in total. The third-order valence-electron chi connectivity index (χ3n) is 3.66. The molecule has 1 amide bonds. The van der Waals surface area contributed by atoms with E-state index in [4.69, 9.17) is 5.73 Å². The molecule has 7 heteroatoms. The number of guanidine groups is 1. The van der Waals surface area contributed by atoms with Gasteiger partial charge in [-0.15, -0.1) is 24.0 Å². The molecule has 0 bridgehead atoms. The average Bonchev–Trinajstić information content (AvgIpc) is 2.42. The summed E-state index contributed by atoms with van der Waals surface area (Å²) in [6, 6.07) is 0. The van der Waals surface area contributed by atoms with Crippen molar-refractivity contribution in [2.24, 2.45) is 16.6 Å². The fourth-order valence-corrected chi connectivity index (χ4v) is 2.52. The predicted octanol–water partition coefficient (Wildman–Crippen LogP) is 1.55. The van der Waals surface area contributed by atoms with Gasteiger partial charge in [0.2, 0.25) is 5.91 Å². The zero-order valence-corrected chi connectivity index (χ0v) is 17.4. The molecule has 0 spiro atoms. The van der Waals surface area contributed by atoms with E-state index in [2.05, 4.69) is 27.4 Å². The third kappa shape index (κ3) is 10.8. The summed E-state index contributed by atoms with van der Waals surface area (Å²) < 4.78 is 0. The first-order valence-electron chi connectivity index (χ1n) is 8.37. The van der Waals surface area contributed by atoms with E-state index in [1.807, 2.05) is 20.8 Å². The van der Waals surface area contributed by atoms with Crippen molar-refractivity contribution in [1.29, 1.82) is 0 Å². The molecule has 0 aromatic rings. The molecule has 1 saturated heterocycles. The number of halogens is 1. The maximum atomic E-state index is 11.9. The van der Waals surface area contributed by atoms with Crippen molar-refractivity contribution in [2.45, 2.75) is 52.5 Å². The number of hydrogen-bond acceptors (Lipinski definition) is 3. The van der Waals surface area contributed by atoms with Crippen molar-refractivity contribution < 1.29 is 4.79 Å². The Morgan fingerprint density at radius 2 is 1.91 bits per heavy atom. The van der Waals surface area contributed by atoms with Gasteiger partial charge in [-0.2, -0.15) is 0 Å². The molecule has 0 unspecified atom stereocenters. The summed E-state index contributed by atoms with van der Waals surface area (Å²) >= 11 is 0. The van der Waals surface area contributed by atoms with Crippen LogP contribution in [0.2, 0.25) is 0 Å². The molecule has 1 fully saturated rings. The van der Waals surface area contributed by atoms with Gasteiger partial charge >= 0.3 is 0 Å². The first-order chi connectivity index (χ1) is 10.3. The lowest BCUT2D eigenvalue weighted by Crippen LogP contribution is -2.47. The van der Waals surface area contributed by atoms with E-state index >= 15 is 0 Å². The minimum absolute atomic E-state index is 0. The van der Waals surface area contributed by atoms with E-state index in [0.717, 1.165) is 45.4 Å². The van der Waals surface area contributed by atoms with Crippen molar-refractivity contribution in [1.82, 2.24) is 15.5 Å². The molecule has 0 saturated carbocycles. The molecule has 23 heavy (non-hydrogen) atoms. The van der Waals surface area contributed by atoms with Crippen LogP contribution in [0, 0.1) is 5.92 Å². The molecule has 0 atom stereocenters. The van der Waals surface area contributed by atoms with Gasteiger partial charge in [0.05, 0.1) is 6.54 Å². The van der Waals surface area contributed by atoms with Crippen LogP contribution < -0.4 is 16.4 Å². The number of nitrogens with one attached hydrogen (secondary N) is 2. The van der Waals surface area contributed by atoms with Crippen LogP contribution in [0.1, 0.15) is 47.0 Å². The molecule has 0 aliphatic carbocycles. The predicted molar refractivity (Wildman–Crippen MR) is 107 cm³/mol. The quantitative estimate of drug-likeness (QED) is 0.333. The van der Waals surface area contributed by atoms with Gasteiger partial charge in [0.25, 0.3) is 0 Å². The highest BCUT2D eigenvalue weighted by atomic mass is 127. The molecular formula is C16H34IN5O. The number of likely N-dealkylation sites (tertiary alicyclic amines) is 1. The number of piperidine rings is 1. The van der Waals surface area contributed by atoms with Crippen LogP contribution in [0.4, 0.5) is 0 Å². The maximum absolute atomic E-state index is 11.9. The summed E-state index contributed by atoms with van der Waals surface area (Å²) in [5.74, 6) is 1.23. The number of carbonyl (C=O) groups is 1. The summed E-state index contributed by atoms with van der Waals surface area (Å²) in [5.41, 5.74) is 5.64. The standard InChI is InChI=1S/C16H33N5O.HI/c1-5-8-18-15(17)19-11-13-6-9-21(10-7-13)12-14(22)20-16(2,3)4;/h13H,5-12H2,1-4H3,(H,20,22)(H3,17,18,19);1H. The molecule has 1 aliphatic heterocycles. The highest BCUT2D eigenvalue weighted by molar-refractivity contribution is 14.0. The molecule has 136 valence electrons. The van der Waals surface area contributed by atoms with Crippen LogP contribution in [0.25, 0.3) is 0 Å². The van der Waals surface area contributed by atoms with Crippen molar-refractivity contribution in [3.8, 4) is 0 Å². The van der Waals surface area contributed by atoms with Crippen LogP contribution in [-0.2, 0) is 4.79 Å². The summed E-state index contributed by atoms with van der Waals surface area (Å²) in [4.78, 5) is 18.6. The molecule has 0 aromatic heterocycles. The lowest BCUT2D eigenvalue weighted by Gasteiger charge is -2.31. The number of aliphatic imine (C=N–C) groups is 1. The fraction of sp³-hybridized carbons (Fsp3) is 0.875. The molecule has 4 N–H and O–H groups in total. The van der Waals surface area contributed by atoms with Gasteiger partial charge in [0.15, 0.2) is 5.96 Å². The minimum Gasteiger partial charge on any atom is -0.370 e. The van der Waals surface area contributed by atoms with E-state index in [1.165, 1.54) is 0 Å². The van der Waals surface area contributed by atoms with E-state index in [-0.39, 0.29) is 35.4 Å². The first-order valence-corrected chi connectivity index (χ1v) is 8.37.